The Morgan fingerprint density at radius 1 is 1.37 bits per heavy atom. The lowest BCUT2D eigenvalue weighted by Gasteiger charge is -2.38. The van der Waals surface area contributed by atoms with Crippen molar-refractivity contribution in [2.24, 2.45) is 0 Å². The highest BCUT2D eigenvalue weighted by atomic mass is 15.3. The molecule has 1 aromatic heterocycles. The van der Waals surface area contributed by atoms with Crippen molar-refractivity contribution in [3.8, 4) is 6.07 Å². The van der Waals surface area contributed by atoms with Gasteiger partial charge in [0.05, 0.1) is 12.1 Å². The van der Waals surface area contributed by atoms with Crippen LogP contribution in [-0.4, -0.2) is 42.1 Å². The molecule has 1 saturated heterocycles. The molecule has 0 N–H and O–H groups in total. The SMILES string of the molecule is CCCC(C#N)N1CCN(c2ccncc2C)CC1. The van der Waals surface area contributed by atoms with Crippen LogP contribution in [0, 0.1) is 18.3 Å². The number of nitrogens with zero attached hydrogens (tertiary/aromatic N) is 4. The molecule has 1 fully saturated rings. The lowest BCUT2D eigenvalue weighted by molar-refractivity contribution is 0.211. The first-order chi connectivity index (χ1) is 9.26. The maximum atomic E-state index is 9.22. The second-order valence-corrected chi connectivity index (χ2v) is 5.12. The maximum Gasteiger partial charge on any atom is 0.0979 e. The number of anilines is 1. The van der Waals surface area contributed by atoms with Crippen LogP contribution in [0.4, 0.5) is 5.69 Å². The van der Waals surface area contributed by atoms with Gasteiger partial charge in [-0.05, 0) is 25.0 Å². The molecule has 102 valence electrons. The van der Waals surface area contributed by atoms with Crippen LogP contribution in [0.15, 0.2) is 18.5 Å². The number of rotatable bonds is 4. The summed E-state index contributed by atoms with van der Waals surface area (Å²) in [5, 5.41) is 9.22. The molecule has 1 aliphatic rings. The van der Waals surface area contributed by atoms with E-state index >= 15 is 0 Å². The zero-order chi connectivity index (χ0) is 13.7. The van der Waals surface area contributed by atoms with E-state index in [0.29, 0.717) is 0 Å². The minimum Gasteiger partial charge on any atom is -0.369 e. The first-order valence-electron chi connectivity index (χ1n) is 7.05. The third-order valence-electron chi connectivity index (χ3n) is 3.80. The lowest BCUT2D eigenvalue weighted by Crippen LogP contribution is -2.50. The second-order valence-electron chi connectivity index (χ2n) is 5.12. The molecule has 1 atom stereocenters. The van der Waals surface area contributed by atoms with Crippen LogP contribution < -0.4 is 4.90 Å². The summed E-state index contributed by atoms with van der Waals surface area (Å²) in [6.45, 7) is 8.17. The summed E-state index contributed by atoms with van der Waals surface area (Å²) in [5.41, 5.74) is 2.50. The molecular formula is C15H22N4. The second kappa shape index (κ2) is 6.53. The molecule has 1 aliphatic heterocycles. The average molecular weight is 258 g/mol. The van der Waals surface area contributed by atoms with Crippen molar-refractivity contribution >= 4 is 5.69 Å². The Hall–Kier alpha value is -1.60. The van der Waals surface area contributed by atoms with E-state index in [4.69, 9.17) is 0 Å². The van der Waals surface area contributed by atoms with E-state index in [1.165, 1.54) is 11.3 Å². The van der Waals surface area contributed by atoms with E-state index in [1.807, 2.05) is 12.4 Å². The van der Waals surface area contributed by atoms with Gasteiger partial charge in [0.2, 0.25) is 0 Å². The molecule has 2 rings (SSSR count). The van der Waals surface area contributed by atoms with Crippen LogP contribution in [0.2, 0.25) is 0 Å². The number of hydrogen-bond acceptors (Lipinski definition) is 4. The van der Waals surface area contributed by atoms with Crippen LogP contribution in [-0.2, 0) is 0 Å². The van der Waals surface area contributed by atoms with Crippen molar-refractivity contribution in [1.29, 1.82) is 5.26 Å². The zero-order valence-corrected chi connectivity index (χ0v) is 11.8. The van der Waals surface area contributed by atoms with Gasteiger partial charge in [-0.3, -0.25) is 9.88 Å². The Labute approximate surface area is 115 Å². The molecule has 0 radical (unpaired) electrons. The van der Waals surface area contributed by atoms with Crippen LogP contribution in [0.5, 0.6) is 0 Å². The van der Waals surface area contributed by atoms with E-state index in [9.17, 15) is 5.26 Å². The van der Waals surface area contributed by atoms with Gasteiger partial charge in [0.15, 0.2) is 0 Å². The van der Waals surface area contributed by atoms with Gasteiger partial charge in [0, 0.05) is 44.3 Å². The molecule has 0 saturated carbocycles. The Kier molecular flexibility index (Phi) is 4.75. The zero-order valence-electron chi connectivity index (χ0n) is 11.8. The Balaban J connectivity index is 1.96. The highest BCUT2D eigenvalue weighted by Crippen LogP contribution is 2.21. The van der Waals surface area contributed by atoms with E-state index in [0.717, 1.165) is 39.0 Å². The predicted octanol–water partition coefficient (Wildman–Crippen LogP) is 2.20. The highest BCUT2D eigenvalue weighted by Gasteiger charge is 2.23. The average Bonchev–Trinajstić information content (AvgIpc) is 2.46. The van der Waals surface area contributed by atoms with Crippen LogP contribution >= 0.6 is 0 Å². The van der Waals surface area contributed by atoms with E-state index in [1.54, 1.807) is 0 Å². The van der Waals surface area contributed by atoms with E-state index < -0.39 is 0 Å². The van der Waals surface area contributed by atoms with Crippen molar-refractivity contribution in [3.05, 3.63) is 24.0 Å². The third-order valence-corrected chi connectivity index (χ3v) is 3.80. The normalized spacial score (nSPS) is 18.1. The molecule has 4 heteroatoms. The Morgan fingerprint density at radius 2 is 2.11 bits per heavy atom. The predicted molar refractivity (Wildman–Crippen MR) is 77.1 cm³/mol. The molecule has 0 bridgehead atoms. The molecule has 2 heterocycles. The molecule has 0 amide bonds. The fourth-order valence-corrected chi connectivity index (χ4v) is 2.70. The summed E-state index contributed by atoms with van der Waals surface area (Å²) in [4.78, 5) is 8.85. The molecule has 4 nitrogen and oxygen atoms in total. The molecule has 1 aromatic rings. The van der Waals surface area contributed by atoms with Crippen molar-refractivity contribution in [1.82, 2.24) is 9.88 Å². The Morgan fingerprint density at radius 3 is 2.68 bits per heavy atom. The number of aryl methyl sites for hydroxylation is 1. The summed E-state index contributed by atoms with van der Waals surface area (Å²) < 4.78 is 0. The van der Waals surface area contributed by atoms with Gasteiger partial charge in [-0.2, -0.15) is 5.26 Å². The lowest BCUT2D eigenvalue weighted by atomic mass is 10.1. The van der Waals surface area contributed by atoms with Crippen LogP contribution in [0.3, 0.4) is 0 Å². The number of pyridine rings is 1. The number of piperazine rings is 1. The number of aromatic nitrogens is 1. The van der Waals surface area contributed by atoms with Gasteiger partial charge in [0.25, 0.3) is 0 Å². The van der Waals surface area contributed by atoms with Gasteiger partial charge in [0.1, 0.15) is 0 Å². The molecular weight excluding hydrogens is 236 g/mol. The van der Waals surface area contributed by atoms with Gasteiger partial charge in [-0.1, -0.05) is 13.3 Å². The monoisotopic (exact) mass is 258 g/mol. The number of hydrogen-bond donors (Lipinski definition) is 0. The molecule has 0 aromatic carbocycles. The Bertz CT molecular complexity index is 444. The summed E-state index contributed by atoms with van der Waals surface area (Å²) in [6.07, 6.45) is 5.81. The van der Waals surface area contributed by atoms with Gasteiger partial charge >= 0.3 is 0 Å². The van der Waals surface area contributed by atoms with Gasteiger partial charge in [-0.15, -0.1) is 0 Å². The topological polar surface area (TPSA) is 43.2 Å². The molecule has 19 heavy (non-hydrogen) atoms. The summed E-state index contributed by atoms with van der Waals surface area (Å²) in [5.74, 6) is 0. The van der Waals surface area contributed by atoms with Crippen molar-refractivity contribution in [2.45, 2.75) is 32.7 Å². The summed E-state index contributed by atoms with van der Waals surface area (Å²) in [7, 11) is 0. The van der Waals surface area contributed by atoms with E-state index in [-0.39, 0.29) is 6.04 Å². The summed E-state index contributed by atoms with van der Waals surface area (Å²) >= 11 is 0. The van der Waals surface area contributed by atoms with E-state index in [2.05, 4.69) is 40.8 Å². The minimum absolute atomic E-state index is 0.0886. The quantitative estimate of drug-likeness (QED) is 0.830. The molecule has 1 unspecified atom stereocenters. The largest absolute Gasteiger partial charge is 0.369 e. The first-order valence-corrected chi connectivity index (χ1v) is 7.05. The van der Waals surface area contributed by atoms with Gasteiger partial charge < -0.3 is 4.90 Å². The van der Waals surface area contributed by atoms with Crippen LogP contribution in [0.25, 0.3) is 0 Å². The van der Waals surface area contributed by atoms with Crippen molar-refractivity contribution < 1.29 is 0 Å². The third kappa shape index (κ3) is 3.24. The van der Waals surface area contributed by atoms with Crippen molar-refractivity contribution in [2.75, 3.05) is 31.1 Å². The molecule has 0 spiro atoms. The summed E-state index contributed by atoms with van der Waals surface area (Å²) in [6, 6.07) is 4.61. The maximum absolute atomic E-state index is 9.22. The first kappa shape index (κ1) is 13.8. The standard InChI is InChI=1S/C15H22N4/c1-3-4-14(11-16)18-7-9-19(10-8-18)15-5-6-17-12-13(15)2/h5-6,12,14H,3-4,7-10H2,1-2H3. The van der Waals surface area contributed by atoms with Crippen molar-refractivity contribution in [3.63, 3.8) is 0 Å². The fourth-order valence-electron chi connectivity index (χ4n) is 2.70. The van der Waals surface area contributed by atoms with Gasteiger partial charge in [-0.25, -0.2) is 0 Å². The minimum atomic E-state index is 0.0886. The highest BCUT2D eigenvalue weighted by molar-refractivity contribution is 5.51. The van der Waals surface area contributed by atoms with Crippen LogP contribution in [0.1, 0.15) is 25.3 Å². The fraction of sp³-hybridized carbons (Fsp3) is 0.600. The smallest absolute Gasteiger partial charge is 0.0979 e. The molecule has 0 aliphatic carbocycles. The number of nitriles is 1.